The first kappa shape index (κ1) is 24.2. The van der Waals surface area contributed by atoms with E-state index in [9.17, 15) is 29.3 Å². The van der Waals surface area contributed by atoms with E-state index in [4.69, 9.17) is 16.1 Å². The molecular weight excluding hydrogens is 455 g/mol. The number of nitrogens with one attached hydrogen (secondary N) is 1. The van der Waals surface area contributed by atoms with Crippen molar-refractivity contribution in [3.8, 4) is 17.0 Å². The van der Waals surface area contributed by atoms with Gasteiger partial charge in [-0.25, -0.2) is 4.39 Å². The first-order valence-electron chi connectivity index (χ1n) is 9.96. The highest BCUT2D eigenvalue weighted by Crippen LogP contribution is 2.28. The molecule has 0 saturated heterocycles. The van der Waals surface area contributed by atoms with Crippen molar-refractivity contribution in [2.75, 3.05) is 6.61 Å². The summed E-state index contributed by atoms with van der Waals surface area (Å²) in [7, 11) is 0. The maximum atomic E-state index is 14.2. The smallest absolute Gasteiger partial charge is 0.311 e. The summed E-state index contributed by atoms with van der Waals surface area (Å²) in [5, 5.41) is 34.8. The van der Waals surface area contributed by atoms with Crippen LogP contribution in [0.4, 0.5) is 4.39 Å². The second-order valence-corrected chi connectivity index (χ2v) is 8.41. The molecule has 0 aliphatic carbocycles. The summed E-state index contributed by atoms with van der Waals surface area (Å²) in [5.74, 6) is -3.05. The Morgan fingerprint density at radius 1 is 1.21 bits per heavy atom. The van der Waals surface area contributed by atoms with Crippen molar-refractivity contribution in [2.45, 2.75) is 25.8 Å². The van der Waals surface area contributed by atoms with Gasteiger partial charge in [-0.3, -0.25) is 9.59 Å². The lowest BCUT2D eigenvalue weighted by Gasteiger charge is -2.28. The third-order valence-corrected chi connectivity index (χ3v) is 5.53. The summed E-state index contributed by atoms with van der Waals surface area (Å²) in [5.41, 5.74) is 0.160. The lowest BCUT2D eigenvalue weighted by atomic mass is 9.82. The van der Waals surface area contributed by atoms with E-state index in [0.29, 0.717) is 16.1 Å². The first-order chi connectivity index (χ1) is 15.6. The number of aromatic nitrogens is 1. The Morgan fingerprint density at radius 3 is 2.48 bits per heavy atom. The van der Waals surface area contributed by atoms with Crippen LogP contribution in [-0.2, 0) is 11.2 Å². The molecule has 8 nitrogen and oxygen atoms in total. The van der Waals surface area contributed by atoms with E-state index in [1.807, 2.05) is 0 Å². The molecule has 2 atom stereocenters. The average molecular weight is 477 g/mol. The number of aromatic hydroxyl groups is 1. The number of carboxylic acids is 1. The molecule has 4 N–H and O–H groups in total. The minimum atomic E-state index is -1.51. The van der Waals surface area contributed by atoms with Crippen LogP contribution in [0.5, 0.6) is 5.88 Å². The second-order valence-electron chi connectivity index (χ2n) is 7.97. The number of aliphatic hydroxyl groups excluding tert-OH is 1. The maximum Gasteiger partial charge on any atom is 0.311 e. The summed E-state index contributed by atoms with van der Waals surface area (Å²) >= 11 is 5.97. The maximum absolute atomic E-state index is 14.2. The standard InChI is InChI=1S/C23H22ClFN2O6/c1-23(12-28,22(31)32)11-16(26-21(30)19-10-20(29)27-33-19)8-13-2-4-14(5-3-13)17-9-15(24)6-7-18(17)25/h2-7,9-10,16,28H,8,11-12H2,1H3,(H,26,30)(H,27,29)(H,31,32)/t16-,23?/m1/s1. The zero-order valence-corrected chi connectivity index (χ0v) is 18.3. The summed E-state index contributed by atoms with van der Waals surface area (Å²) in [6.45, 7) is 0.741. The van der Waals surface area contributed by atoms with Crippen LogP contribution in [0.1, 0.15) is 29.5 Å². The SMILES string of the molecule is CC(CO)(C[C@@H](Cc1ccc(-c2cc(Cl)ccc2F)cc1)NC(=O)c1cc(O)no1)C(=O)O. The first-order valence-corrected chi connectivity index (χ1v) is 10.3. The summed E-state index contributed by atoms with van der Waals surface area (Å²) in [6.07, 6.45) is 0.127. The number of benzene rings is 2. The van der Waals surface area contributed by atoms with Gasteiger partial charge in [-0.1, -0.05) is 35.9 Å². The molecule has 3 rings (SSSR count). The third-order valence-electron chi connectivity index (χ3n) is 5.29. The van der Waals surface area contributed by atoms with Crippen molar-refractivity contribution < 1.29 is 33.8 Å². The van der Waals surface area contributed by atoms with Gasteiger partial charge >= 0.3 is 5.97 Å². The van der Waals surface area contributed by atoms with Crippen LogP contribution in [-0.4, -0.2) is 45.0 Å². The van der Waals surface area contributed by atoms with E-state index in [-0.39, 0.29) is 18.6 Å². The highest BCUT2D eigenvalue weighted by Gasteiger charge is 2.36. The fraction of sp³-hybridized carbons (Fsp3) is 0.261. The van der Waals surface area contributed by atoms with Crippen molar-refractivity contribution in [1.82, 2.24) is 10.5 Å². The minimum absolute atomic E-state index is 0.0879. The molecule has 10 heteroatoms. The molecule has 1 aromatic heterocycles. The van der Waals surface area contributed by atoms with Gasteiger partial charge in [0.05, 0.1) is 18.1 Å². The molecule has 33 heavy (non-hydrogen) atoms. The Bertz CT molecular complexity index is 1150. The number of hydrogen-bond acceptors (Lipinski definition) is 6. The van der Waals surface area contributed by atoms with E-state index in [1.54, 1.807) is 24.3 Å². The number of hydrogen-bond donors (Lipinski definition) is 4. The largest absolute Gasteiger partial charge is 0.491 e. The van der Waals surface area contributed by atoms with Gasteiger partial charge in [-0.05, 0) is 54.2 Å². The van der Waals surface area contributed by atoms with Gasteiger partial charge in [0.1, 0.15) is 5.82 Å². The predicted molar refractivity (Wildman–Crippen MR) is 117 cm³/mol. The molecular formula is C23H22ClFN2O6. The van der Waals surface area contributed by atoms with Gasteiger partial charge in [0.25, 0.3) is 11.8 Å². The van der Waals surface area contributed by atoms with Crippen molar-refractivity contribution in [3.63, 3.8) is 0 Å². The Morgan fingerprint density at radius 2 is 1.91 bits per heavy atom. The van der Waals surface area contributed by atoms with Gasteiger partial charge < -0.3 is 25.2 Å². The summed E-state index contributed by atoms with van der Waals surface area (Å²) < 4.78 is 18.9. The summed E-state index contributed by atoms with van der Waals surface area (Å²) in [4.78, 5) is 24.2. The van der Waals surface area contributed by atoms with Crippen LogP contribution < -0.4 is 5.32 Å². The lowest BCUT2D eigenvalue weighted by Crippen LogP contribution is -2.44. The lowest BCUT2D eigenvalue weighted by molar-refractivity contribution is -0.151. The molecule has 0 saturated carbocycles. The zero-order valence-electron chi connectivity index (χ0n) is 17.6. The van der Waals surface area contributed by atoms with Crippen LogP contribution in [0.3, 0.4) is 0 Å². The Labute approximate surface area is 193 Å². The molecule has 1 unspecified atom stereocenters. The number of carbonyl (C=O) groups excluding carboxylic acids is 1. The fourth-order valence-corrected chi connectivity index (χ4v) is 3.56. The van der Waals surface area contributed by atoms with Crippen LogP contribution in [0.15, 0.2) is 53.1 Å². The molecule has 1 amide bonds. The molecule has 0 bridgehead atoms. The second kappa shape index (κ2) is 10.0. The fourth-order valence-electron chi connectivity index (χ4n) is 3.39. The average Bonchev–Trinajstić information content (AvgIpc) is 3.22. The monoisotopic (exact) mass is 476 g/mol. The predicted octanol–water partition coefficient (Wildman–Crippen LogP) is 3.65. The molecule has 0 radical (unpaired) electrons. The van der Waals surface area contributed by atoms with Crippen LogP contribution in [0, 0.1) is 11.2 Å². The van der Waals surface area contributed by atoms with Crippen molar-refractivity contribution in [2.24, 2.45) is 5.41 Å². The number of rotatable bonds is 9. The molecule has 0 spiro atoms. The number of amides is 1. The van der Waals surface area contributed by atoms with Gasteiger partial charge in [0.2, 0.25) is 5.76 Å². The number of aliphatic hydroxyl groups is 1. The normalized spacial score (nSPS) is 13.8. The van der Waals surface area contributed by atoms with Crippen molar-refractivity contribution in [1.29, 1.82) is 0 Å². The molecule has 0 aliphatic rings. The highest BCUT2D eigenvalue weighted by atomic mass is 35.5. The van der Waals surface area contributed by atoms with Crippen LogP contribution >= 0.6 is 11.6 Å². The molecule has 2 aromatic carbocycles. The molecule has 1 heterocycles. The number of aliphatic carboxylic acids is 1. The number of carbonyl (C=O) groups is 2. The summed E-state index contributed by atoms with van der Waals surface area (Å²) in [6, 6.07) is 11.4. The van der Waals surface area contributed by atoms with Crippen LogP contribution in [0.25, 0.3) is 11.1 Å². The van der Waals surface area contributed by atoms with E-state index >= 15 is 0 Å². The third kappa shape index (κ3) is 5.88. The number of halogens is 2. The topological polar surface area (TPSA) is 133 Å². The molecule has 0 aliphatic heterocycles. The Hall–Kier alpha value is -3.43. The van der Waals surface area contributed by atoms with Gasteiger partial charge in [0.15, 0.2) is 0 Å². The molecule has 174 valence electrons. The minimum Gasteiger partial charge on any atom is -0.491 e. The van der Waals surface area contributed by atoms with E-state index in [2.05, 4.69) is 10.5 Å². The van der Waals surface area contributed by atoms with E-state index < -0.39 is 41.6 Å². The van der Waals surface area contributed by atoms with Gasteiger partial charge in [-0.2, -0.15) is 0 Å². The van der Waals surface area contributed by atoms with Gasteiger partial charge in [-0.15, -0.1) is 0 Å². The van der Waals surface area contributed by atoms with E-state index in [0.717, 1.165) is 11.6 Å². The van der Waals surface area contributed by atoms with Crippen molar-refractivity contribution in [3.05, 3.63) is 70.7 Å². The Kier molecular flexibility index (Phi) is 7.35. The highest BCUT2D eigenvalue weighted by molar-refractivity contribution is 6.30. The number of carboxylic acid groups (broad SMARTS) is 1. The Balaban J connectivity index is 1.83. The zero-order chi connectivity index (χ0) is 24.2. The van der Waals surface area contributed by atoms with Crippen molar-refractivity contribution >= 4 is 23.5 Å². The molecule has 3 aromatic rings. The number of nitrogens with zero attached hydrogens (tertiary/aromatic N) is 1. The van der Waals surface area contributed by atoms with E-state index in [1.165, 1.54) is 25.1 Å². The van der Waals surface area contributed by atoms with Crippen LogP contribution in [0.2, 0.25) is 5.02 Å². The van der Waals surface area contributed by atoms with Gasteiger partial charge in [0, 0.05) is 16.6 Å². The quantitative estimate of drug-likeness (QED) is 0.370. The molecule has 0 fully saturated rings.